The SMILES string of the molecule is Cc1c(C(=O)CBr)cc(C#N)cc1[N+](=O)[O-]. The van der Waals surface area contributed by atoms with E-state index in [1.165, 1.54) is 19.1 Å². The van der Waals surface area contributed by atoms with E-state index >= 15 is 0 Å². The number of nitriles is 1. The normalized spacial score (nSPS) is 9.56. The first-order chi connectivity index (χ1) is 7.51. The number of rotatable bonds is 3. The lowest BCUT2D eigenvalue weighted by Crippen LogP contribution is -2.06. The van der Waals surface area contributed by atoms with Crippen molar-refractivity contribution in [3.05, 3.63) is 38.9 Å². The van der Waals surface area contributed by atoms with E-state index in [4.69, 9.17) is 5.26 Å². The fourth-order valence-electron chi connectivity index (χ4n) is 1.31. The van der Waals surface area contributed by atoms with Gasteiger partial charge in [-0.05, 0) is 13.0 Å². The molecule has 0 heterocycles. The Morgan fingerprint density at radius 1 is 1.62 bits per heavy atom. The van der Waals surface area contributed by atoms with E-state index in [2.05, 4.69) is 15.9 Å². The highest BCUT2D eigenvalue weighted by Crippen LogP contribution is 2.24. The van der Waals surface area contributed by atoms with Crippen LogP contribution in [-0.4, -0.2) is 16.0 Å². The summed E-state index contributed by atoms with van der Waals surface area (Å²) in [5, 5.41) is 19.5. The summed E-state index contributed by atoms with van der Waals surface area (Å²) in [7, 11) is 0. The lowest BCUT2D eigenvalue weighted by atomic mass is 10.0. The monoisotopic (exact) mass is 282 g/mol. The second-order valence-electron chi connectivity index (χ2n) is 3.09. The van der Waals surface area contributed by atoms with Gasteiger partial charge in [-0.15, -0.1) is 0 Å². The summed E-state index contributed by atoms with van der Waals surface area (Å²) in [5.74, 6) is -0.280. The first-order valence-corrected chi connectivity index (χ1v) is 5.41. The molecular formula is C10H7BrN2O3. The molecule has 0 aliphatic heterocycles. The van der Waals surface area contributed by atoms with Crippen LogP contribution in [0.3, 0.4) is 0 Å². The Balaban J connectivity index is 3.50. The number of benzene rings is 1. The Bertz CT molecular complexity index is 506. The van der Waals surface area contributed by atoms with Crippen LogP contribution in [0.2, 0.25) is 0 Å². The van der Waals surface area contributed by atoms with E-state index < -0.39 is 4.92 Å². The van der Waals surface area contributed by atoms with Crippen molar-refractivity contribution in [2.75, 3.05) is 5.33 Å². The lowest BCUT2D eigenvalue weighted by molar-refractivity contribution is -0.385. The Morgan fingerprint density at radius 3 is 2.69 bits per heavy atom. The van der Waals surface area contributed by atoms with Crippen molar-refractivity contribution in [2.45, 2.75) is 6.92 Å². The second kappa shape index (κ2) is 4.86. The number of alkyl halides is 1. The van der Waals surface area contributed by atoms with Crippen LogP contribution in [0.4, 0.5) is 5.69 Å². The van der Waals surface area contributed by atoms with Crippen molar-refractivity contribution < 1.29 is 9.72 Å². The summed E-state index contributed by atoms with van der Waals surface area (Å²) < 4.78 is 0. The van der Waals surface area contributed by atoms with E-state index in [1.807, 2.05) is 0 Å². The Kier molecular flexibility index (Phi) is 3.74. The summed E-state index contributed by atoms with van der Waals surface area (Å²) in [5.41, 5.74) is 0.404. The first-order valence-electron chi connectivity index (χ1n) is 4.29. The molecular weight excluding hydrogens is 276 g/mol. The van der Waals surface area contributed by atoms with Gasteiger partial charge in [0.1, 0.15) is 0 Å². The van der Waals surface area contributed by atoms with Gasteiger partial charge in [0.2, 0.25) is 0 Å². The van der Waals surface area contributed by atoms with Gasteiger partial charge in [0, 0.05) is 17.2 Å². The molecule has 16 heavy (non-hydrogen) atoms. The summed E-state index contributed by atoms with van der Waals surface area (Å²) >= 11 is 2.99. The molecule has 0 aliphatic rings. The zero-order valence-electron chi connectivity index (χ0n) is 8.36. The van der Waals surface area contributed by atoms with Gasteiger partial charge >= 0.3 is 0 Å². The maximum atomic E-state index is 11.5. The van der Waals surface area contributed by atoms with Crippen molar-refractivity contribution in [1.29, 1.82) is 5.26 Å². The third-order valence-electron chi connectivity index (χ3n) is 2.13. The lowest BCUT2D eigenvalue weighted by Gasteiger charge is -2.04. The molecule has 0 radical (unpaired) electrons. The van der Waals surface area contributed by atoms with Gasteiger partial charge in [-0.2, -0.15) is 5.26 Å². The molecule has 0 saturated heterocycles. The molecule has 0 N–H and O–H groups in total. The topological polar surface area (TPSA) is 84.0 Å². The number of carbonyl (C=O) groups is 1. The summed E-state index contributed by atoms with van der Waals surface area (Å²) in [6, 6.07) is 4.33. The van der Waals surface area contributed by atoms with E-state index in [1.54, 1.807) is 6.07 Å². The van der Waals surface area contributed by atoms with Crippen LogP contribution in [0, 0.1) is 28.4 Å². The Hall–Kier alpha value is -1.74. The first kappa shape index (κ1) is 12.3. The van der Waals surface area contributed by atoms with Crippen molar-refractivity contribution in [3.63, 3.8) is 0 Å². The molecule has 0 fully saturated rings. The quantitative estimate of drug-likeness (QED) is 0.369. The molecule has 0 unspecified atom stereocenters. The van der Waals surface area contributed by atoms with Gasteiger partial charge in [-0.1, -0.05) is 15.9 Å². The maximum Gasteiger partial charge on any atom is 0.274 e. The number of halogens is 1. The molecule has 1 aromatic rings. The fraction of sp³-hybridized carbons (Fsp3) is 0.200. The zero-order chi connectivity index (χ0) is 12.3. The molecule has 0 amide bonds. The van der Waals surface area contributed by atoms with Crippen LogP contribution in [0.5, 0.6) is 0 Å². The van der Waals surface area contributed by atoms with Gasteiger partial charge in [0.05, 0.1) is 21.9 Å². The predicted octanol–water partition coefficient (Wildman–Crippen LogP) is 2.35. The number of hydrogen-bond acceptors (Lipinski definition) is 4. The number of Topliss-reactive ketones (excluding diaryl/α,β-unsaturated/α-hetero) is 1. The van der Waals surface area contributed by atoms with E-state index in [0.717, 1.165) is 0 Å². The average Bonchev–Trinajstić information content (AvgIpc) is 2.28. The van der Waals surface area contributed by atoms with Crippen molar-refractivity contribution >= 4 is 27.4 Å². The molecule has 0 aromatic heterocycles. The predicted molar refractivity (Wildman–Crippen MR) is 60.7 cm³/mol. The van der Waals surface area contributed by atoms with Crippen molar-refractivity contribution in [1.82, 2.24) is 0 Å². The minimum absolute atomic E-state index is 0.0693. The van der Waals surface area contributed by atoms with Crippen LogP contribution >= 0.6 is 15.9 Å². The highest BCUT2D eigenvalue weighted by molar-refractivity contribution is 9.09. The molecule has 0 bridgehead atoms. The molecule has 0 atom stereocenters. The molecule has 1 aromatic carbocycles. The summed E-state index contributed by atoms with van der Waals surface area (Å²) in [6.07, 6.45) is 0. The van der Waals surface area contributed by atoms with Gasteiger partial charge in [-0.25, -0.2) is 0 Å². The molecule has 0 spiro atoms. The van der Waals surface area contributed by atoms with Crippen molar-refractivity contribution in [2.24, 2.45) is 0 Å². The number of nitrogens with zero attached hydrogens (tertiary/aromatic N) is 2. The van der Waals surface area contributed by atoms with Gasteiger partial charge in [0.15, 0.2) is 5.78 Å². The highest BCUT2D eigenvalue weighted by Gasteiger charge is 2.19. The number of carbonyl (C=O) groups excluding carboxylic acids is 1. The van der Waals surface area contributed by atoms with Gasteiger partial charge < -0.3 is 0 Å². The van der Waals surface area contributed by atoms with Crippen LogP contribution < -0.4 is 0 Å². The maximum absolute atomic E-state index is 11.5. The minimum Gasteiger partial charge on any atom is -0.293 e. The summed E-state index contributed by atoms with van der Waals surface area (Å²) in [4.78, 5) is 21.6. The van der Waals surface area contributed by atoms with E-state index in [-0.39, 0.29) is 33.5 Å². The molecule has 0 aliphatic carbocycles. The van der Waals surface area contributed by atoms with Gasteiger partial charge in [0.25, 0.3) is 5.69 Å². The summed E-state index contributed by atoms with van der Waals surface area (Å²) in [6.45, 7) is 1.50. The number of nitro benzene ring substituents is 1. The van der Waals surface area contributed by atoms with Crippen LogP contribution in [0.1, 0.15) is 21.5 Å². The molecule has 82 valence electrons. The minimum atomic E-state index is -0.596. The fourth-order valence-corrected chi connectivity index (χ4v) is 1.62. The van der Waals surface area contributed by atoms with E-state index in [9.17, 15) is 14.9 Å². The number of hydrogen-bond donors (Lipinski definition) is 0. The average molecular weight is 283 g/mol. The molecule has 5 nitrogen and oxygen atoms in total. The van der Waals surface area contributed by atoms with E-state index in [0.29, 0.717) is 0 Å². The number of nitro groups is 1. The van der Waals surface area contributed by atoms with Gasteiger partial charge in [-0.3, -0.25) is 14.9 Å². The molecule has 0 saturated carbocycles. The smallest absolute Gasteiger partial charge is 0.274 e. The largest absolute Gasteiger partial charge is 0.293 e. The second-order valence-corrected chi connectivity index (χ2v) is 3.65. The van der Waals surface area contributed by atoms with Crippen LogP contribution in [-0.2, 0) is 0 Å². The van der Waals surface area contributed by atoms with Crippen LogP contribution in [0.25, 0.3) is 0 Å². The molecule has 1 rings (SSSR count). The Labute approximate surface area is 100.0 Å². The Morgan fingerprint density at radius 2 is 2.25 bits per heavy atom. The highest BCUT2D eigenvalue weighted by atomic mass is 79.9. The van der Waals surface area contributed by atoms with Crippen LogP contribution in [0.15, 0.2) is 12.1 Å². The number of ketones is 1. The third kappa shape index (κ3) is 2.25. The zero-order valence-corrected chi connectivity index (χ0v) is 9.94. The van der Waals surface area contributed by atoms with Crippen molar-refractivity contribution in [3.8, 4) is 6.07 Å². The standard InChI is InChI=1S/C10H7BrN2O3/c1-6-8(10(14)4-11)2-7(5-12)3-9(6)13(15)16/h2-3H,4H2,1H3. The third-order valence-corrected chi connectivity index (χ3v) is 2.64. The molecule has 6 heteroatoms.